The van der Waals surface area contributed by atoms with E-state index in [4.69, 9.17) is 5.26 Å². The molecule has 1 heterocycles. The highest BCUT2D eigenvalue weighted by molar-refractivity contribution is 5.92. The van der Waals surface area contributed by atoms with Gasteiger partial charge in [-0.05, 0) is 6.92 Å². The number of rotatable bonds is 3. The maximum Gasteiger partial charge on any atom is 0.276 e. The first kappa shape index (κ1) is 10.3. The molecule has 14 heavy (non-hydrogen) atoms. The van der Waals surface area contributed by atoms with E-state index in [0.29, 0.717) is 6.42 Å². The van der Waals surface area contributed by atoms with E-state index in [-0.39, 0.29) is 17.6 Å². The number of nitriles is 1. The molecule has 0 spiro atoms. The fourth-order valence-corrected chi connectivity index (χ4v) is 0.973. The van der Waals surface area contributed by atoms with Gasteiger partial charge in [-0.15, -0.1) is 0 Å². The maximum atomic E-state index is 11.6. The Morgan fingerprint density at radius 3 is 3.07 bits per heavy atom. The first-order valence-corrected chi connectivity index (χ1v) is 4.21. The van der Waals surface area contributed by atoms with Gasteiger partial charge < -0.3 is 9.42 Å². The number of amides is 1. The molecule has 5 nitrogen and oxygen atoms in total. The number of hydrogen-bond donors (Lipinski definition) is 0. The molecule has 0 aliphatic carbocycles. The number of aromatic nitrogens is 1. The summed E-state index contributed by atoms with van der Waals surface area (Å²) in [7, 11) is 1.64. The van der Waals surface area contributed by atoms with Gasteiger partial charge in [0.05, 0.1) is 12.5 Å². The molecule has 0 aromatic carbocycles. The second kappa shape index (κ2) is 4.42. The Hall–Kier alpha value is -1.83. The number of hydrogen-bond acceptors (Lipinski definition) is 4. The van der Waals surface area contributed by atoms with Crippen LogP contribution in [0.2, 0.25) is 0 Å². The van der Waals surface area contributed by atoms with E-state index in [1.165, 1.54) is 17.2 Å². The largest absolute Gasteiger partial charge is 0.364 e. The minimum absolute atomic E-state index is 0.121. The monoisotopic (exact) mass is 193 g/mol. The molecule has 0 aliphatic heterocycles. The van der Waals surface area contributed by atoms with Gasteiger partial charge >= 0.3 is 0 Å². The van der Waals surface area contributed by atoms with E-state index < -0.39 is 0 Å². The molecule has 1 aromatic heterocycles. The average molecular weight is 193 g/mol. The quantitative estimate of drug-likeness (QED) is 0.719. The molecule has 1 atom stereocenters. The summed E-state index contributed by atoms with van der Waals surface area (Å²) < 4.78 is 4.56. The summed E-state index contributed by atoms with van der Waals surface area (Å²) in [5, 5.41) is 12.0. The molecule has 1 amide bonds. The van der Waals surface area contributed by atoms with Gasteiger partial charge in [-0.25, -0.2) is 0 Å². The van der Waals surface area contributed by atoms with Gasteiger partial charge in [-0.3, -0.25) is 4.79 Å². The van der Waals surface area contributed by atoms with E-state index in [1.807, 2.05) is 6.07 Å². The molecule has 0 N–H and O–H groups in total. The Labute approximate surface area is 81.9 Å². The van der Waals surface area contributed by atoms with Gasteiger partial charge in [0.25, 0.3) is 5.91 Å². The molecule has 1 aromatic rings. The number of carbonyl (C=O) groups is 1. The van der Waals surface area contributed by atoms with Crippen molar-refractivity contribution in [2.45, 2.75) is 19.4 Å². The molecule has 1 rings (SSSR count). The summed E-state index contributed by atoms with van der Waals surface area (Å²) in [6.07, 6.45) is 1.65. The van der Waals surface area contributed by atoms with Crippen molar-refractivity contribution in [2.24, 2.45) is 0 Å². The maximum absolute atomic E-state index is 11.6. The van der Waals surface area contributed by atoms with Crippen molar-refractivity contribution >= 4 is 5.91 Å². The number of carbonyl (C=O) groups excluding carboxylic acids is 1. The zero-order chi connectivity index (χ0) is 10.6. The van der Waals surface area contributed by atoms with Crippen LogP contribution in [0.5, 0.6) is 0 Å². The van der Waals surface area contributed by atoms with Gasteiger partial charge in [0.15, 0.2) is 5.69 Å². The van der Waals surface area contributed by atoms with Crippen molar-refractivity contribution in [1.82, 2.24) is 10.1 Å². The van der Waals surface area contributed by atoms with E-state index in [1.54, 1.807) is 14.0 Å². The first-order chi connectivity index (χ1) is 6.66. The van der Waals surface area contributed by atoms with Crippen LogP contribution in [0.3, 0.4) is 0 Å². The van der Waals surface area contributed by atoms with Crippen molar-refractivity contribution in [3.05, 3.63) is 18.0 Å². The molecule has 74 valence electrons. The normalized spacial score (nSPS) is 11.8. The van der Waals surface area contributed by atoms with Gasteiger partial charge in [0.1, 0.15) is 6.26 Å². The summed E-state index contributed by atoms with van der Waals surface area (Å²) in [6, 6.07) is 3.39. The molecular weight excluding hydrogens is 182 g/mol. The zero-order valence-corrected chi connectivity index (χ0v) is 8.10. The van der Waals surface area contributed by atoms with Crippen LogP contribution in [0.4, 0.5) is 0 Å². The molecule has 0 bridgehead atoms. The van der Waals surface area contributed by atoms with Crippen LogP contribution in [-0.4, -0.2) is 29.1 Å². The highest BCUT2D eigenvalue weighted by Crippen LogP contribution is 2.06. The Balaban J connectivity index is 2.67. The molecule has 0 aliphatic rings. The summed E-state index contributed by atoms with van der Waals surface area (Å²) in [5.74, 6) is -0.235. The molecule has 5 heteroatoms. The Kier molecular flexibility index (Phi) is 3.24. The molecule has 0 radical (unpaired) electrons. The topological polar surface area (TPSA) is 70.1 Å². The predicted octanol–water partition coefficient (Wildman–Crippen LogP) is 1.05. The van der Waals surface area contributed by atoms with Crippen molar-refractivity contribution in [3.8, 4) is 6.07 Å². The summed E-state index contributed by atoms with van der Waals surface area (Å²) >= 11 is 0. The van der Waals surface area contributed by atoms with Gasteiger partial charge in [-0.1, -0.05) is 5.16 Å². The lowest BCUT2D eigenvalue weighted by molar-refractivity contribution is 0.0736. The van der Waals surface area contributed by atoms with E-state index >= 15 is 0 Å². The van der Waals surface area contributed by atoms with Gasteiger partial charge in [0, 0.05) is 19.2 Å². The Bertz CT molecular complexity index is 339. The van der Waals surface area contributed by atoms with E-state index in [2.05, 4.69) is 9.68 Å². The van der Waals surface area contributed by atoms with Crippen molar-refractivity contribution in [2.75, 3.05) is 7.05 Å². The van der Waals surface area contributed by atoms with E-state index in [9.17, 15) is 4.79 Å². The Morgan fingerprint density at radius 1 is 1.86 bits per heavy atom. The molecule has 0 saturated carbocycles. The highest BCUT2D eigenvalue weighted by Gasteiger charge is 2.19. The third-order valence-electron chi connectivity index (χ3n) is 2.03. The lowest BCUT2D eigenvalue weighted by atomic mass is 10.2. The van der Waals surface area contributed by atoms with Crippen molar-refractivity contribution < 1.29 is 9.32 Å². The third-order valence-corrected chi connectivity index (χ3v) is 2.03. The minimum atomic E-state index is -0.235. The summed E-state index contributed by atoms with van der Waals surface area (Å²) in [5.41, 5.74) is 0.261. The first-order valence-electron chi connectivity index (χ1n) is 4.21. The summed E-state index contributed by atoms with van der Waals surface area (Å²) in [4.78, 5) is 13.1. The molecule has 0 saturated heterocycles. The van der Waals surface area contributed by atoms with Gasteiger partial charge in [-0.2, -0.15) is 5.26 Å². The van der Waals surface area contributed by atoms with Crippen LogP contribution >= 0.6 is 0 Å². The molecular formula is C9H11N3O2. The molecule has 1 unspecified atom stereocenters. The van der Waals surface area contributed by atoms with Crippen LogP contribution < -0.4 is 0 Å². The van der Waals surface area contributed by atoms with Crippen molar-refractivity contribution in [3.63, 3.8) is 0 Å². The second-order valence-electron chi connectivity index (χ2n) is 3.01. The summed E-state index contributed by atoms with van der Waals surface area (Å²) in [6.45, 7) is 1.81. The third kappa shape index (κ3) is 2.10. The Morgan fingerprint density at radius 2 is 2.57 bits per heavy atom. The minimum Gasteiger partial charge on any atom is -0.364 e. The van der Waals surface area contributed by atoms with Crippen LogP contribution in [-0.2, 0) is 0 Å². The van der Waals surface area contributed by atoms with Gasteiger partial charge in [0.2, 0.25) is 0 Å². The van der Waals surface area contributed by atoms with Crippen LogP contribution in [0, 0.1) is 11.3 Å². The fourth-order valence-electron chi connectivity index (χ4n) is 0.973. The highest BCUT2D eigenvalue weighted by atomic mass is 16.5. The number of nitrogens with zero attached hydrogens (tertiary/aromatic N) is 3. The van der Waals surface area contributed by atoms with Crippen LogP contribution in [0.1, 0.15) is 23.8 Å². The van der Waals surface area contributed by atoms with Crippen molar-refractivity contribution in [1.29, 1.82) is 5.26 Å². The van der Waals surface area contributed by atoms with Crippen LogP contribution in [0.15, 0.2) is 16.9 Å². The lowest BCUT2D eigenvalue weighted by Crippen LogP contribution is -2.34. The standard InChI is InChI=1S/C9H11N3O2/c1-7(3-5-10)12(2)9(13)8-4-6-14-11-8/h4,6-7H,3H2,1-2H3. The lowest BCUT2D eigenvalue weighted by Gasteiger charge is -2.21. The van der Waals surface area contributed by atoms with E-state index in [0.717, 1.165) is 0 Å². The average Bonchev–Trinajstić information content (AvgIpc) is 2.68. The predicted molar refractivity (Wildman–Crippen MR) is 48.3 cm³/mol. The second-order valence-corrected chi connectivity index (χ2v) is 3.01. The smallest absolute Gasteiger partial charge is 0.276 e. The molecule has 0 fully saturated rings. The van der Waals surface area contributed by atoms with Crippen LogP contribution in [0.25, 0.3) is 0 Å². The SMILES string of the molecule is CC(CC#N)N(C)C(=O)c1ccon1. The fraction of sp³-hybridized carbons (Fsp3) is 0.444. The zero-order valence-electron chi connectivity index (χ0n) is 8.10.